The minimum Gasteiger partial charge on any atom is -0.355 e. The van der Waals surface area contributed by atoms with Gasteiger partial charge in [-0.05, 0) is 37.5 Å². The molecule has 0 aliphatic carbocycles. The average molecular weight is 463 g/mol. The van der Waals surface area contributed by atoms with Gasteiger partial charge in [-0.1, -0.05) is 19.1 Å². The first-order valence-electron chi connectivity index (χ1n) is 11.9. The van der Waals surface area contributed by atoms with Gasteiger partial charge in [-0.2, -0.15) is 0 Å². The number of anilines is 1. The van der Waals surface area contributed by atoms with Crippen LogP contribution in [0.5, 0.6) is 0 Å². The molecule has 1 aromatic carbocycles. The highest BCUT2D eigenvalue weighted by atomic mass is 19.1. The molecular weight excluding hydrogens is 431 g/mol. The lowest BCUT2D eigenvalue weighted by Crippen LogP contribution is -2.55. The van der Waals surface area contributed by atoms with Crippen molar-refractivity contribution in [2.45, 2.75) is 39.5 Å². The van der Waals surface area contributed by atoms with Crippen LogP contribution >= 0.6 is 0 Å². The van der Waals surface area contributed by atoms with E-state index in [1.54, 1.807) is 18.6 Å². The normalized spacial score (nSPS) is 14.5. The van der Waals surface area contributed by atoms with Crippen LogP contribution in [0.1, 0.15) is 49.5 Å². The summed E-state index contributed by atoms with van der Waals surface area (Å²) in [7, 11) is 0. The first-order chi connectivity index (χ1) is 16.5. The molecule has 3 heterocycles. The highest BCUT2D eigenvalue weighted by molar-refractivity contribution is 5.81. The summed E-state index contributed by atoms with van der Waals surface area (Å²) in [6, 6.07) is 8.57. The van der Waals surface area contributed by atoms with Crippen LogP contribution in [0.25, 0.3) is 0 Å². The average Bonchev–Trinajstić information content (AvgIpc) is 2.80. The topological polar surface area (TPSA) is 75.1 Å². The molecule has 0 spiro atoms. The Kier molecular flexibility index (Phi) is 7.45. The minimum absolute atomic E-state index is 0.0000980. The number of benzene rings is 1. The number of amides is 1. The summed E-state index contributed by atoms with van der Waals surface area (Å²) in [6.45, 7) is 8.88. The Morgan fingerprint density at radius 1 is 1.12 bits per heavy atom. The zero-order valence-electron chi connectivity index (χ0n) is 20.0. The fourth-order valence-corrected chi connectivity index (χ4v) is 4.29. The van der Waals surface area contributed by atoms with Gasteiger partial charge in [0.05, 0.1) is 17.3 Å². The fraction of sp³-hybridized carbons (Fsp3) is 0.423. The second kappa shape index (κ2) is 10.7. The highest BCUT2D eigenvalue weighted by Crippen LogP contribution is 2.27. The molecule has 1 aliphatic heterocycles. The van der Waals surface area contributed by atoms with Crippen LogP contribution in [0.15, 0.2) is 48.9 Å². The third-order valence-corrected chi connectivity index (χ3v) is 6.35. The third-order valence-electron chi connectivity index (χ3n) is 6.35. The maximum absolute atomic E-state index is 13.3. The molecule has 0 bridgehead atoms. The lowest BCUT2D eigenvalue weighted by Gasteiger charge is -2.41. The molecule has 34 heavy (non-hydrogen) atoms. The van der Waals surface area contributed by atoms with Crippen LogP contribution in [0.2, 0.25) is 0 Å². The van der Waals surface area contributed by atoms with Gasteiger partial charge in [0.2, 0.25) is 5.91 Å². The van der Waals surface area contributed by atoms with E-state index in [1.165, 1.54) is 12.1 Å². The second-order valence-corrected chi connectivity index (χ2v) is 8.78. The Balaban J connectivity index is 1.54. The van der Waals surface area contributed by atoms with Crippen molar-refractivity contribution in [3.63, 3.8) is 0 Å². The van der Waals surface area contributed by atoms with Gasteiger partial charge in [0.25, 0.3) is 0 Å². The SMILES string of the molecule is CCN(CC)C(=O)C1CN(c2cc(Cc3cnccn3)nc(C[C@@H](C)c3ccc(F)cc3)n2)C1. The first kappa shape index (κ1) is 23.7. The fourth-order valence-electron chi connectivity index (χ4n) is 4.29. The van der Waals surface area contributed by atoms with Gasteiger partial charge in [-0.25, -0.2) is 14.4 Å². The molecule has 0 radical (unpaired) electrons. The van der Waals surface area contributed by atoms with Crippen LogP contribution in [0.4, 0.5) is 10.2 Å². The number of carbonyl (C=O) groups excluding carboxylic acids is 1. The maximum Gasteiger partial charge on any atom is 0.229 e. The van der Waals surface area contributed by atoms with E-state index in [0.29, 0.717) is 25.9 Å². The first-order valence-corrected chi connectivity index (χ1v) is 11.9. The molecule has 1 aliphatic rings. The van der Waals surface area contributed by atoms with Gasteiger partial charge in [0, 0.05) is 63.7 Å². The molecule has 7 nitrogen and oxygen atoms in total. The zero-order chi connectivity index (χ0) is 24.1. The van der Waals surface area contributed by atoms with Crippen molar-refractivity contribution in [1.29, 1.82) is 0 Å². The Bertz CT molecular complexity index is 1100. The van der Waals surface area contributed by atoms with Gasteiger partial charge in [-0.15, -0.1) is 0 Å². The summed E-state index contributed by atoms with van der Waals surface area (Å²) in [5.74, 6) is 1.66. The van der Waals surface area contributed by atoms with Crippen molar-refractivity contribution in [3.8, 4) is 0 Å². The smallest absolute Gasteiger partial charge is 0.229 e. The lowest BCUT2D eigenvalue weighted by atomic mass is 9.97. The molecule has 1 fully saturated rings. The van der Waals surface area contributed by atoms with Crippen LogP contribution < -0.4 is 4.90 Å². The molecule has 1 atom stereocenters. The van der Waals surface area contributed by atoms with E-state index in [0.717, 1.165) is 41.7 Å². The summed E-state index contributed by atoms with van der Waals surface area (Å²) < 4.78 is 13.3. The number of nitrogens with zero attached hydrogens (tertiary/aromatic N) is 6. The van der Waals surface area contributed by atoms with E-state index in [4.69, 9.17) is 9.97 Å². The van der Waals surface area contributed by atoms with Crippen LogP contribution in [-0.2, 0) is 17.6 Å². The monoisotopic (exact) mass is 462 g/mol. The lowest BCUT2D eigenvalue weighted by molar-refractivity contribution is -0.135. The highest BCUT2D eigenvalue weighted by Gasteiger charge is 2.35. The quantitative estimate of drug-likeness (QED) is 0.483. The van der Waals surface area contributed by atoms with Gasteiger partial charge in [0.1, 0.15) is 17.5 Å². The molecule has 0 unspecified atom stereocenters. The minimum atomic E-state index is -0.243. The van der Waals surface area contributed by atoms with Gasteiger partial charge in [-0.3, -0.25) is 14.8 Å². The van der Waals surface area contributed by atoms with Crippen molar-refractivity contribution in [1.82, 2.24) is 24.8 Å². The van der Waals surface area contributed by atoms with E-state index in [1.807, 2.05) is 36.9 Å². The largest absolute Gasteiger partial charge is 0.355 e. The number of carbonyl (C=O) groups is 1. The van der Waals surface area contributed by atoms with Gasteiger partial charge in [0.15, 0.2) is 0 Å². The summed E-state index contributed by atoms with van der Waals surface area (Å²) in [4.78, 5) is 34.9. The Morgan fingerprint density at radius 2 is 1.85 bits per heavy atom. The van der Waals surface area contributed by atoms with E-state index < -0.39 is 0 Å². The molecule has 0 saturated carbocycles. The summed E-state index contributed by atoms with van der Waals surface area (Å²) in [5.41, 5.74) is 2.74. The number of hydrogen-bond donors (Lipinski definition) is 0. The standard InChI is InChI=1S/C26H31FN6O/c1-4-32(5-2)26(34)20-16-33(17-20)25-14-22(13-23-15-28-10-11-29-23)30-24(31-25)12-18(3)19-6-8-21(27)9-7-19/h6-11,14-15,18,20H,4-5,12-13,16-17H2,1-3H3/t18-/m1/s1. The van der Waals surface area contributed by atoms with Crippen molar-refractivity contribution >= 4 is 11.7 Å². The number of hydrogen-bond acceptors (Lipinski definition) is 6. The third kappa shape index (κ3) is 5.55. The Labute approximate surface area is 200 Å². The maximum atomic E-state index is 13.3. The predicted octanol–water partition coefficient (Wildman–Crippen LogP) is 3.65. The van der Waals surface area contributed by atoms with Crippen molar-refractivity contribution in [3.05, 3.63) is 77.5 Å². The molecule has 1 amide bonds. The summed E-state index contributed by atoms with van der Waals surface area (Å²) in [5, 5.41) is 0. The Hall–Kier alpha value is -3.42. The zero-order valence-corrected chi connectivity index (χ0v) is 20.0. The van der Waals surface area contributed by atoms with Crippen LogP contribution in [0, 0.1) is 11.7 Å². The number of halogens is 1. The molecule has 3 aromatic rings. The Morgan fingerprint density at radius 3 is 2.50 bits per heavy atom. The summed E-state index contributed by atoms with van der Waals surface area (Å²) >= 11 is 0. The van der Waals surface area contributed by atoms with Gasteiger partial charge < -0.3 is 9.80 Å². The van der Waals surface area contributed by atoms with Crippen molar-refractivity contribution < 1.29 is 9.18 Å². The van der Waals surface area contributed by atoms with Crippen LogP contribution in [-0.4, -0.2) is 56.9 Å². The molecule has 2 aromatic heterocycles. The summed E-state index contributed by atoms with van der Waals surface area (Å²) in [6.07, 6.45) is 6.25. The number of aromatic nitrogens is 4. The van der Waals surface area contributed by atoms with E-state index >= 15 is 0 Å². The molecule has 178 valence electrons. The molecule has 0 N–H and O–H groups in total. The number of rotatable bonds is 9. The molecule has 1 saturated heterocycles. The predicted molar refractivity (Wildman–Crippen MR) is 129 cm³/mol. The van der Waals surface area contributed by atoms with Crippen LogP contribution in [0.3, 0.4) is 0 Å². The molecule has 8 heteroatoms. The molecular formula is C26H31FN6O. The van der Waals surface area contributed by atoms with Crippen molar-refractivity contribution in [2.24, 2.45) is 5.92 Å². The van der Waals surface area contributed by atoms with E-state index in [9.17, 15) is 9.18 Å². The van der Waals surface area contributed by atoms with Gasteiger partial charge >= 0.3 is 0 Å². The van der Waals surface area contributed by atoms with Crippen molar-refractivity contribution in [2.75, 3.05) is 31.1 Å². The molecule has 4 rings (SSSR count). The van der Waals surface area contributed by atoms with E-state index in [2.05, 4.69) is 21.8 Å². The van der Waals surface area contributed by atoms with E-state index in [-0.39, 0.29) is 23.6 Å². The second-order valence-electron chi connectivity index (χ2n) is 8.78.